The lowest BCUT2D eigenvalue weighted by Gasteiger charge is -2.29. The number of carbonyl (C=O) groups is 3. The van der Waals surface area contributed by atoms with Crippen LogP contribution in [-0.2, 0) is 29.2 Å². The quantitative estimate of drug-likeness (QED) is 0.517. The second-order valence-corrected chi connectivity index (χ2v) is 9.13. The van der Waals surface area contributed by atoms with E-state index in [1.807, 2.05) is 24.3 Å². The van der Waals surface area contributed by atoms with Crippen molar-refractivity contribution in [3.63, 3.8) is 0 Å². The summed E-state index contributed by atoms with van der Waals surface area (Å²) in [5.41, 5.74) is 6.03. The van der Waals surface area contributed by atoms with Crippen LogP contribution < -0.4 is 15.5 Å². The van der Waals surface area contributed by atoms with Crippen LogP contribution in [0, 0.1) is 0 Å². The predicted molar refractivity (Wildman–Crippen MR) is 135 cm³/mol. The smallest absolute Gasteiger partial charge is 0.255 e. The van der Waals surface area contributed by atoms with Gasteiger partial charge in [0.1, 0.15) is 6.04 Å². The van der Waals surface area contributed by atoms with Crippen molar-refractivity contribution in [3.8, 4) is 0 Å². The van der Waals surface area contributed by atoms with Crippen molar-refractivity contribution in [2.45, 2.75) is 38.5 Å². The Morgan fingerprint density at radius 3 is 2.49 bits per heavy atom. The van der Waals surface area contributed by atoms with E-state index in [-0.39, 0.29) is 24.1 Å². The number of nitrogens with one attached hydrogen (secondary N) is 2. The van der Waals surface area contributed by atoms with Crippen molar-refractivity contribution in [3.05, 3.63) is 95.1 Å². The Morgan fingerprint density at radius 2 is 1.74 bits per heavy atom. The number of hydrogen-bond donors (Lipinski definition) is 2. The Morgan fingerprint density at radius 1 is 0.971 bits per heavy atom. The number of benzene rings is 3. The molecule has 5 rings (SSSR count). The van der Waals surface area contributed by atoms with Gasteiger partial charge in [-0.2, -0.15) is 0 Å². The van der Waals surface area contributed by atoms with E-state index >= 15 is 0 Å². The van der Waals surface area contributed by atoms with Gasteiger partial charge in [0, 0.05) is 50.0 Å². The van der Waals surface area contributed by atoms with Crippen LogP contribution in [0.4, 0.5) is 11.4 Å². The highest BCUT2D eigenvalue weighted by Gasteiger charge is 2.39. The molecule has 0 bridgehead atoms. The van der Waals surface area contributed by atoms with E-state index in [2.05, 4.69) is 71.1 Å². The minimum absolute atomic E-state index is 0.149. The number of anilines is 2. The number of imide groups is 1. The van der Waals surface area contributed by atoms with E-state index < -0.39 is 6.04 Å². The van der Waals surface area contributed by atoms with Gasteiger partial charge in [0.05, 0.1) is 0 Å². The van der Waals surface area contributed by atoms with Gasteiger partial charge in [-0.05, 0) is 53.4 Å². The largest absolute Gasteiger partial charge is 0.381 e. The highest BCUT2D eigenvalue weighted by atomic mass is 16.2. The Hall–Kier alpha value is -4.13. The second kappa shape index (κ2) is 9.62. The minimum atomic E-state index is -0.590. The van der Waals surface area contributed by atoms with Gasteiger partial charge < -0.3 is 15.1 Å². The summed E-state index contributed by atoms with van der Waals surface area (Å²) in [7, 11) is 2.08. The topological polar surface area (TPSA) is 81.8 Å². The first-order valence-electron chi connectivity index (χ1n) is 11.8. The van der Waals surface area contributed by atoms with Crippen LogP contribution in [0.25, 0.3) is 0 Å². The van der Waals surface area contributed by atoms with Crippen molar-refractivity contribution in [2.75, 3.05) is 17.3 Å². The molecular weight excluding hydrogens is 440 g/mol. The molecule has 0 saturated carbocycles. The van der Waals surface area contributed by atoms with Crippen LogP contribution in [0.3, 0.4) is 0 Å². The average molecular weight is 469 g/mol. The van der Waals surface area contributed by atoms with Gasteiger partial charge in [-0.3, -0.25) is 19.7 Å². The molecule has 0 spiro atoms. The summed E-state index contributed by atoms with van der Waals surface area (Å²) < 4.78 is 0. The average Bonchev–Trinajstić information content (AvgIpc) is 3.19. The maximum absolute atomic E-state index is 12.9. The van der Waals surface area contributed by atoms with E-state index in [0.29, 0.717) is 25.1 Å². The zero-order chi connectivity index (χ0) is 24.4. The van der Waals surface area contributed by atoms with Gasteiger partial charge in [-0.25, -0.2) is 0 Å². The zero-order valence-corrected chi connectivity index (χ0v) is 19.7. The maximum Gasteiger partial charge on any atom is 0.255 e. The molecule has 3 amide bonds. The summed E-state index contributed by atoms with van der Waals surface area (Å²) in [6.07, 6.45) is 0.627. The minimum Gasteiger partial charge on any atom is -0.381 e. The Labute approximate surface area is 204 Å². The molecule has 0 radical (unpaired) electrons. The fraction of sp³-hybridized carbons (Fsp3) is 0.250. The van der Waals surface area contributed by atoms with E-state index in [0.717, 1.165) is 29.0 Å². The molecule has 7 heteroatoms. The van der Waals surface area contributed by atoms with E-state index in [9.17, 15) is 14.4 Å². The number of piperidine rings is 1. The first-order valence-corrected chi connectivity index (χ1v) is 11.8. The third kappa shape index (κ3) is 4.89. The van der Waals surface area contributed by atoms with E-state index in [1.54, 1.807) is 4.90 Å². The molecule has 2 heterocycles. The lowest BCUT2D eigenvalue weighted by molar-refractivity contribution is -0.136. The van der Waals surface area contributed by atoms with Gasteiger partial charge in [-0.15, -0.1) is 0 Å². The van der Waals surface area contributed by atoms with Crippen LogP contribution in [0.2, 0.25) is 0 Å². The number of nitrogens with zero attached hydrogens (tertiary/aromatic N) is 2. The third-order valence-electron chi connectivity index (χ3n) is 6.66. The lowest BCUT2D eigenvalue weighted by atomic mass is 10.0. The summed E-state index contributed by atoms with van der Waals surface area (Å²) in [5, 5.41) is 5.79. The number of fused-ring (bicyclic) bond motifs is 1. The molecule has 0 aromatic heterocycles. The Bertz CT molecular complexity index is 1260. The molecule has 0 aliphatic carbocycles. The third-order valence-corrected chi connectivity index (χ3v) is 6.66. The van der Waals surface area contributed by atoms with Crippen LogP contribution in [0.15, 0.2) is 72.8 Å². The standard InChI is InChI=1S/C28H28N4O3/c1-31(17-19-5-3-2-4-6-19)23-10-8-22(9-11-23)29-16-20-7-12-24-21(15-20)18-32(28(24)35)25-13-14-26(33)30-27(25)34/h2-12,15,25,29H,13-14,16-18H2,1H3,(H,30,33,34). The molecule has 2 aliphatic heterocycles. The summed E-state index contributed by atoms with van der Waals surface area (Å²) in [6.45, 7) is 1.85. The van der Waals surface area contributed by atoms with E-state index in [4.69, 9.17) is 0 Å². The first kappa shape index (κ1) is 22.7. The van der Waals surface area contributed by atoms with Crippen molar-refractivity contribution < 1.29 is 14.4 Å². The van der Waals surface area contributed by atoms with Crippen molar-refractivity contribution in [2.24, 2.45) is 0 Å². The zero-order valence-electron chi connectivity index (χ0n) is 19.7. The summed E-state index contributed by atoms with van der Waals surface area (Å²) in [5.74, 6) is -0.814. The van der Waals surface area contributed by atoms with Gasteiger partial charge in [-0.1, -0.05) is 42.5 Å². The normalized spacial score (nSPS) is 17.2. The molecule has 3 aromatic carbocycles. The molecular formula is C28H28N4O3. The van der Waals surface area contributed by atoms with Crippen LogP contribution in [-0.4, -0.2) is 35.7 Å². The van der Waals surface area contributed by atoms with Crippen molar-refractivity contribution >= 4 is 29.1 Å². The summed E-state index contributed by atoms with van der Waals surface area (Å²) in [4.78, 5) is 40.3. The SMILES string of the molecule is CN(Cc1ccccc1)c1ccc(NCc2ccc3c(c2)CN(C2CCC(=O)NC2=O)C3=O)cc1. The number of rotatable bonds is 7. The van der Waals surface area contributed by atoms with Crippen LogP contribution in [0.1, 0.15) is 39.9 Å². The fourth-order valence-electron chi connectivity index (χ4n) is 4.72. The monoisotopic (exact) mass is 468 g/mol. The second-order valence-electron chi connectivity index (χ2n) is 9.13. The maximum atomic E-state index is 12.9. The van der Waals surface area contributed by atoms with Gasteiger partial charge >= 0.3 is 0 Å². The molecule has 2 N–H and O–H groups in total. The van der Waals surface area contributed by atoms with Crippen LogP contribution in [0.5, 0.6) is 0 Å². The molecule has 1 saturated heterocycles. The highest BCUT2D eigenvalue weighted by Crippen LogP contribution is 2.28. The molecule has 3 aromatic rings. The number of carbonyl (C=O) groups excluding carboxylic acids is 3. The summed E-state index contributed by atoms with van der Waals surface area (Å²) >= 11 is 0. The molecule has 7 nitrogen and oxygen atoms in total. The van der Waals surface area contributed by atoms with Gasteiger partial charge in [0.15, 0.2) is 0 Å². The van der Waals surface area contributed by atoms with Gasteiger partial charge in [0.25, 0.3) is 5.91 Å². The lowest BCUT2D eigenvalue weighted by Crippen LogP contribution is -2.52. The molecule has 1 fully saturated rings. The number of amides is 3. The van der Waals surface area contributed by atoms with Crippen LogP contribution >= 0.6 is 0 Å². The summed E-state index contributed by atoms with van der Waals surface area (Å²) in [6, 6.07) is 23.9. The molecule has 2 aliphatic rings. The van der Waals surface area contributed by atoms with Crippen molar-refractivity contribution in [1.29, 1.82) is 0 Å². The molecule has 178 valence electrons. The van der Waals surface area contributed by atoms with Gasteiger partial charge in [0.2, 0.25) is 11.8 Å². The molecule has 1 unspecified atom stereocenters. The van der Waals surface area contributed by atoms with E-state index in [1.165, 1.54) is 5.56 Å². The Balaban J connectivity index is 1.19. The highest BCUT2D eigenvalue weighted by molar-refractivity contribution is 6.05. The number of hydrogen-bond acceptors (Lipinski definition) is 5. The van der Waals surface area contributed by atoms with Crippen molar-refractivity contribution in [1.82, 2.24) is 10.2 Å². The predicted octanol–water partition coefficient (Wildman–Crippen LogP) is 3.70. The molecule has 35 heavy (non-hydrogen) atoms. The first-order chi connectivity index (χ1) is 17.0. The Kier molecular flexibility index (Phi) is 6.23. The molecule has 1 atom stereocenters. The fourth-order valence-corrected chi connectivity index (χ4v) is 4.72.